The number of rotatable bonds is 1. The third-order valence-electron chi connectivity index (χ3n) is 1.28. The van der Waals surface area contributed by atoms with Crippen molar-refractivity contribution >= 4 is 26.0 Å². The number of nitrogens with zero attached hydrogens (tertiary/aromatic N) is 1. The molecular formula is C6H8BrNO2S. The normalized spacial score (nSPS) is 18.4. The quantitative estimate of drug-likeness (QED) is 0.640. The van der Waals surface area contributed by atoms with Gasteiger partial charge in [-0.1, -0.05) is 12.2 Å². The third-order valence-corrected chi connectivity index (χ3v) is 3.35. The highest BCUT2D eigenvalue weighted by atomic mass is 79.9. The molecular weight excluding hydrogens is 230 g/mol. The molecule has 0 aliphatic carbocycles. The lowest BCUT2D eigenvalue weighted by Gasteiger charge is -2.21. The smallest absolute Gasteiger partial charge is 0.232 e. The van der Waals surface area contributed by atoms with E-state index in [9.17, 15) is 8.42 Å². The first kappa shape index (κ1) is 8.80. The Hall–Kier alpha value is -0.290. The van der Waals surface area contributed by atoms with Gasteiger partial charge in [0.25, 0.3) is 0 Å². The van der Waals surface area contributed by atoms with E-state index in [0.717, 1.165) is 0 Å². The van der Waals surface area contributed by atoms with Gasteiger partial charge in [0, 0.05) is 0 Å². The molecule has 0 aromatic carbocycles. The molecule has 0 atom stereocenters. The van der Waals surface area contributed by atoms with Crippen molar-refractivity contribution in [2.24, 2.45) is 0 Å². The van der Waals surface area contributed by atoms with Gasteiger partial charge in [0.15, 0.2) is 0 Å². The van der Waals surface area contributed by atoms with Gasteiger partial charge in [-0.25, -0.2) is 8.42 Å². The fraction of sp³-hybridized carbons (Fsp3) is 0.333. The first-order valence-corrected chi connectivity index (χ1v) is 5.66. The molecule has 0 aromatic rings. The van der Waals surface area contributed by atoms with Crippen molar-refractivity contribution < 1.29 is 8.42 Å². The maximum absolute atomic E-state index is 11.0. The number of halogens is 1. The average molecular weight is 238 g/mol. The summed E-state index contributed by atoms with van der Waals surface area (Å²) < 4.78 is 23.9. The summed E-state index contributed by atoms with van der Waals surface area (Å²) in [6.07, 6.45) is 6.48. The summed E-state index contributed by atoms with van der Waals surface area (Å²) in [5.41, 5.74) is 0. The molecule has 0 N–H and O–H groups in total. The van der Waals surface area contributed by atoms with Gasteiger partial charge < -0.3 is 0 Å². The summed E-state index contributed by atoms with van der Waals surface area (Å²) in [5.74, 6) is 0. The highest BCUT2D eigenvalue weighted by molar-refractivity contribution is 9.11. The maximum atomic E-state index is 11.0. The summed E-state index contributed by atoms with van der Waals surface area (Å²) in [6.45, 7) is 0.413. The maximum Gasteiger partial charge on any atom is 0.232 e. The van der Waals surface area contributed by atoms with E-state index in [2.05, 4.69) is 15.9 Å². The zero-order valence-corrected chi connectivity index (χ0v) is 8.39. The molecule has 0 fully saturated rings. The van der Waals surface area contributed by atoms with E-state index in [1.807, 2.05) is 6.08 Å². The largest absolute Gasteiger partial charge is 0.260 e. The highest BCUT2D eigenvalue weighted by Gasteiger charge is 2.17. The van der Waals surface area contributed by atoms with E-state index in [1.165, 1.54) is 10.6 Å². The zero-order chi connectivity index (χ0) is 8.48. The Morgan fingerprint density at radius 1 is 1.64 bits per heavy atom. The molecule has 1 heterocycles. The van der Waals surface area contributed by atoms with Crippen LogP contribution in [0.15, 0.2) is 22.8 Å². The second-order valence-corrected chi connectivity index (χ2v) is 4.93. The van der Waals surface area contributed by atoms with E-state index in [1.54, 1.807) is 12.2 Å². The van der Waals surface area contributed by atoms with Crippen LogP contribution in [-0.4, -0.2) is 25.5 Å². The van der Waals surface area contributed by atoms with E-state index >= 15 is 0 Å². The minimum Gasteiger partial charge on any atom is -0.260 e. The van der Waals surface area contributed by atoms with E-state index in [0.29, 0.717) is 11.2 Å². The third kappa shape index (κ3) is 2.07. The minimum absolute atomic E-state index is 0.413. The van der Waals surface area contributed by atoms with Crippen molar-refractivity contribution in [3.8, 4) is 0 Å². The van der Waals surface area contributed by atoms with Gasteiger partial charge in [0.2, 0.25) is 10.0 Å². The fourth-order valence-corrected chi connectivity index (χ4v) is 2.59. The first-order chi connectivity index (χ1) is 5.02. The van der Waals surface area contributed by atoms with Crippen LogP contribution in [0, 0.1) is 0 Å². The lowest BCUT2D eigenvalue weighted by atomic mass is 10.4. The number of hydrogen-bond donors (Lipinski definition) is 0. The lowest BCUT2D eigenvalue weighted by molar-refractivity contribution is 0.523. The van der Waals surface area contributed by atoms with Crippen LogP contribution in [0.2, 0.25) is 0 Å². The highest BCUT2D eigenvalue weighted by Crippen LogP contribution is 2.18. The second kappa shape index (κ2) is 2.98. The lowest BCUT2D eigenvalue weighted by Crippen LogP contribution is -2.28. The zero-order valence-electron chi connectivity index (χ0n) is 5.99. The van der Waals surface area contributed by atoms with Crippen LogP contribution in [0.1, 0.15) is 0 Å². The van der Waals surface area contributed by atoms with Crippen molar-refractivity contribution in [2.75, 3.05) is 12.8 Å². The monoisotopic (exact) mass is 237 g/mol. The average Bonchev–Trinajstić information content (AvgIpc) is 1.86. The molecule has 1 aliphatic heterocycles. The van der Waals surface area contributed by atoms with Crippen LogP contribution in [0.4, 0.5) is 0 Å². The molecule has 1 aliphatic rings. The Bertz CT molecular complexity index is 305. The van der Waals surface area contributed by atoms with Crippen molar-refractivity contribution in [3.05, 3.63) is 22.8 Å². The Balaban J connectivity index is 2.94. The van der Waals surface area contributed by atoms with Gasteiger partial charge in [-0.15, -0.1) is 0 Å². The molecule has 0 unspecified atom stereocenters. The van der Waals surface area contributed by atoms with Crippen LogP contribution in [0.5, 0.6) is 0 Å². The summed E-state index contributed by atoms with van der Waals surface area (Å²) in [6, 6.07) is 0. The molecule has 62 valence electrons. The number of hydrogen-bond acceptors (Lipinski definition) is 2. The molecule has 0 saturated carbocycles. The molecule has 0 amide bonds. The molecule has 0 bridgehead atoms. The van der Waals surface area contributed by atoms with Crippen LogP contribution in [0.3, 0.4) is 0 Å². The molecule has 1 rings (SSSR count). The van der Waals surface area contributed by atoms with Crippen LogP contribution >= 0.6 is 15.9 Å². The van der Waals surface area contributed by atoms with Crippen LogP contribution in [-0.2, 0) is 10.0 Å². The van der Waals surface area contributed by atoms with E-state index in [4.69, 9.17) is 0 Å². The van der Waals surface area contributed by atoms with E-state index < -0.39 is 10.0 Å². The van der Waals surface area contributed by atoms with Crippen molar-refractivity contribution in [1.29, 1.82) is 0 Å². The van der Waals surface area contributed by atoms with Gasteiger partial charge >= 0.3 is 0 Å². The van der Waals surface area contributed by atoms with Crippen molar-refractivity contribution in [1.82, 2.24) is 4.31 Å². The Morgan fingerprint density at radius 3 is 2.64 bits per heavy atom. The van der Waals surface area contributed by atoms with Crippen LogP contribution in [0.25, 0.3) is 0 Å². The predicted molar refractivity (Wildman–Crippen MR) is 47.7 cm³/mol. The molecule has 0 spiro atoms. The Kier molecular flexibility index (Phi) is 2.39. The van der Waals surface area contributed by atoms with E-state index in [-0.39, 0.29) is 0 Å². The predicted octanol–water partition coefficient (Wildman–Crippen LogP) is 1.05. The molecule has 0 aromatic heterocycles. The molecule has 5 heteroatoms. The SMILES string of the molecule is CS(=O)(=O)N1CC=CC=C1Br. The summed E-state index contributed by atoms with van der Waals surface area (Å²) in [4.78, 5) is 0. The topological polar surface area (TPSA) is 37.4 Å². The van der Waals surface area contributed by atoms with Crippen LogP contribution < -0.4 is 0 Å². The molecule has 11 heavy (non-hydrogen) atoms. The Labute approximate surface area is 74.6 Å². The van der Waals surface area contributed by atoms with Gasteiger partial charge in [-0.05, 0) is 22.0 Å². The van der Waals surface area contributed by atoms with Gasteiger partial charge in [-0.3, -0.25) is 4.31 Å². The number of allylic oxidation sites excluding steroid dienone is 2. The van der Waals surface area contributed by atoms with Gasteiger partial charge in [0.05, 0.1) is 17.4 Å². The van der Waals surface area contributed by atoms with Gasteiger partial charge in [0.1, 0.15) is 0 Å². The first-order valence-electron chi connectivity index (χ1n) is 3.02. The second-order valence-electron chi connectivity index (χ2n) is 2.21. The summed E-state index contributed by atoms with van der Waals surface area (Å²) in [7, 11) is -3.11. The standard InChI is InChI=1S/C6H8BrNO2S/c1-11(9,10)8-5-3-2-4-6(8)7/h2-4H,5H2,1H3. The molecule has 3 nitrogen and oxygen atoms in total. The Morgan fingerprint density at radius 2 is 2.27 bits per heavy atom. The summed E-state index contributed by atoms with van der Waals surface area (Å²) in [5, 5.41) is 0. The fourth-order valence-electron chi connectivity index (χ4n) is 0.768. The van der Waals surface area contributed by atoms with Crippen molar-refractivity contribution in [2.45, 2.75) is 0 Å². The molecule has 0 radical (unpaired) electrons. The number of sulfonamides is 1. The van der Waals surface area contributed by atoms with Crippen molar-refractivity contribution in [3.63, 3.8) is 0 Å². The minimum atomic E-state index is -3.11. The summed E-state index contributed by atoms with van der Waals surface area (Å²) >= 11 is 3.15. The molecule has 0 saturated heterocycles. The van der Waals surface area contributed by atoms with Gasteiger partial charge in [-0.2, -0.15) is 0 Å².